The fourth-order valence-corrected chi connectivity index (χ4v) is 5.59. The number of rotatable bonds is 5. The molecule has 0 radical (unpaired) electrons. The number of halogens is 2. The van der Waals surface area contributed by atoms with Crippen LogP contribution in [0.3, 0.4) is 0 Å². The highest BCUT2D eigenvalue weighted by molar-refractivity contribution is 6.35. The number of fused-ring (bicyclic) bond motifs is 2. The molecule has 2 saturated carbocycles. The molecular weight excluding hydrogens is 481 g/mol. The lowest BCUT2D eigenvalue weighted by Crippen LogP contribution is -2.43. The van der Waals surface area contributed by atoms with E-state index in [1.54, 1.807) is 18.2 Å². The average Bonchev–Trinajstić information content (AvgIpc) is 3.10. The summed E-state index contributed by atoms with van der Waals surface area (Å²) in [5.41, 5.74) is -0.920. The monoisotopic (exact) mass is 503 g/mol. The number of nitro groups is 1. The topological polar surface area (TPSA) is 111 Å². The number of carbonyl (C=O) groups is 2. The van der Waals surface area contributed by atoms with E-state index in [0.29, 0.717) is 40.7 Å². The van der Waals surface area contributed by atoms with Gasteiger partial charge in [-0.25, -0.2) is 4.79 Å². The second kappa shape index (κ2) is 8.36. The zero-order valence-corrected chi connectivity index (χ0v) is 20.4. The van der Waals surface area contributed by atoms with Crippen molar-refractivity contribution in [2.24, 2.45) is 21.4 Å². The Morgan fingerprint density at radius 1 is 1.12 bits per heavy atom. The Hall–Kier alpha value is -2.97. The first-order chi connectivity index (χ1) is 15.9. The van der Waals surface area contributed by atoms with E-state index in [9.17, 15) is 19.7 Å². The zero-order chi connectivity index (χ0) is 24.9. The number of anilines is 1. The Morgan fingerprint density at radius 3 is 2.56 bits per heavy atom. The van der Waals surface area contributed by atoms with Crippen molar-refractivity contribution in [1.82, 2.24) is 0 Å². The second-order valence-electron chi connectivity index (χ2n) is 9.52. The van der Waals surface area contributed by atoms with E-state index in [0.717, 1.165) is 6.07 Å². The number of nitrogens with one attached hydrogen (secondary N) is 1. The quantitative estimate of drug-likeness (QED) is 0.293. The van der Waals surface area contributed by atoms with Gasteiger partial charge in [0.1, 0.15) is 0 Å². The molecule has 2 aromatic carbocycles. The van der Waals surface area contributed by atoms with Crippen LogP contribution in [0.4, 0.5) is 11.4 Å². The van der Waals surface area contributed by atoms with Crippen molar-refractivity contribution in [1.29, 1.82) is 0 Å². The number of hydrogen-bond donors (Lipinski definition) is 1. The normalized spacial score (nSPS) is 25.9. The summed E-state index contributed by atoms with van der Waals surface area (Å²) < 4.78 is 0. The van der Waals surface area contributed by atoms with E-state index in [2.05, 4.69) is 10.5 Å². The van der Waals surface area contributed by atoms with Gasteiger partial charge < -0.3 is 10.2 Å². The minimum absolute atomic E-state index is 0.0224. The molecule has 0 aromatic heterocycles. The molecule has 2 aliphatic carbocycles. The van der Waals surface area contributed by atoms with E-state index in [1.165, 1.54) is 18.2 Å². The molecule has 2 fully saturated rings. The van der Waals surface area contributed by atoms with Gasteiger partial charge in [0.25, 0.3) is 5.69 Å². The number of carbonyl (C=O) groups excluding carboxylic acids is 2. The van der Waals surface area contributed by atoms with Gasteiger partial charge >= 0.3 is 5.97 Å². The standard InChI is InChI=1S/C24H23Cl2N3O5/c1-22(2)23(3)9-10-24(22,21(31)27-18-12-15(25)7-8-17(18)26)13-19(23)28-34-20(30)14-5-4-6-16(11-14)29(32)33/h4-8,11-12H,9-10,13H2,1-3H3,(H,27,31). The van der Waals surface area contributed by atoms with Gasteiger partial charge in [0.15, 0.2) is 0 Å². The highest BCUT2D eigenvalue weighted by atomic mass is 35.5. The summed E-state index contributed by atoms with van der Waals surface area (Å²) in [7, 11) is 0. The molecule has 4 rings (SSSR count). The van der Waals surface area contributed by atoms with Gasteiger partial charge in [0, 0.05) is 29.0 Å². The van der Waals surface area contributed by atoms with E-state index in [4.69, 9.17) is 28.0 Å². The van der Waals surface area contributed by atoms with Gasteiger partial charge in [-0.15, -0.1) is 0 Å². The Bertz CT molecular complexity index is 1240. The Morgan fingerprint density at radius 2 is 1.85 bits per heavy atom. The zero-order valence-electron chi connectivity index (χ0n) is 18.9. The summed E-state index contributed by atoms with van der Waals surface area (Å²) in [6.07, 6.45) is 1.63. The Balaban J connectivity index is 1.60. The molecule has 0 spiro atoms. The van der Waals surface area contributed by atoms with Crippen LogP contribution in [0, 0.1) is 26.4 Å². The van der Waals surface area contributed by atoms with E-state index < -0.39 is 27.1 Å². The molecule has 2 bridgehead atoms. The smallest absolute Gasteiger partial charge is 0.324 e. The predicted molar refractivity (Wildman–Crippen MR) is 129 cm³/mol. The van der Waals surface area contributed by atoms with Gasteiger partial charge in [-0.2, -0.15) is 0 Å². The number of non-ortho nitro benzene ring substituents is 1. The van der Waals surface area contributed by atoms with Gasteiger partial charge in [0.2, 0.25) is 5.91 Å². The fourth-order valence-electron chi connectivity index (χ4n) is 5.25. The van der Waals surface area contributed by atoms with Crippen molar-refractivity contribution in [3.05, 3.63) is 68.2 Å². The number of hydrogen-bond acceptors (Lipinski definition) is 6. The van der Waals surface area contributed by atoms with Crippen LogP contribution in [0.15, 0.2) is 47.6 Å². The largest absolute Gasteiger partial charge is 0.365 e. The van der Waals surface area contributed by atoms with Gasteiger partial charge in [-0.1, -0.05) is 55.2 Å². The first-order valence-electron chi connectivity index (χ1n) is 10.7. The van der Waals surface area contributed by atoms with Crippen molar-refractivity contribution < 1.29 is 19.3 Å². The summed E-state index contributed by atoms with van der Waals surface area (Å²) in [4.78, 5) is 41.7. The lowest BCUT2D eigenvalue weighted by molar-refractivity contribution is -0.384. The van der Waals surface area contributed by atoms with Crippen molar-refractivity contribution in [3.63, 3.8) is 0 Å². The molecular formula is C24H23Cl2N3O5. The first kappa shape index (κ1) is 24.2. The molecule has 0 aliphatic heterocycles. The average molecular weight is 504 g/mol. The molecule has 0 saturated heterocycles. The van der Waals surface area contributed by atoms with Crippen molar-refractivity contribution in [3.8, 4) is 0 Å². The molecule has 178 valence electrons. The maximum Gasteiger partial charge on any atom is 0.365 e. The Labute approximate surface area is 206 Å². The highest BCUT2D eigenvalue weighted by Crippen LogP contribution is 2.71. The first-order valence-corrected chi connectivity index (χ1v) is 11.5. The summed E-state index contributed by atoms with van der Waals surface area (Å²) in [5, 5.41) is 18.9. The van der Waals surface area contributed by atoms with Crippen LogP contribution in [-0.4, -0.2) is 22.5 Å². The summed E-state index contributed by atoms with van der Waals surface area (Å²) >= 11 is 12.3. The van der Waals surface area contributed by atoms with Crippen molar-refractivity contribution >= 4 is 52.2 Å². The molecule has 2 unspecified atom stereocenters. The predicted octanol–water partition coefficient (Wildman–Crippen LogP) is 6.27. The molecule has 1 amide bonds. The second-order valence-corrected chi connectivity index (χ2v) is 10.4. The molecule has 2 atom stereocenters. The van der Waals surface area contributed by atoms with Crippen LogP contribution in [0.25, 0.3) is 0 Å². The van der Waals surface area contributed by atoms with Crippen molar-refractivity contribution in [2.45, 2.75) is 40.0 Å². The molecule has 2 aromatic rings. The van der Waals surface area contributed by atoms with E-state index >= 15 is 0 Å². The van der Waals surface area contributed by atoms with Crippen LogP contribution in [-0.2, 0) is 9.63 Å². The number of nitrogens with zero attached hydrogens (tertiary/aromatic N) is 2. The SMILES string of the molecule is CC12CCC(C(=O)Nc3cc(Cl)ccc3Cl)(CC1=NOC(=O)c1cccc([N+](=O)[O-])c1)C2(C)C. The number of oxime groups is 1. The molecule has 2 aliphatic rings. The highest BCUT2D eigenvalue weighted by Gasteiger charge is 2.71. The molecule has 1 N–H and O–H groups in total. The van der Waals surface area contributed by atoms with Gasteiger partial charge in [0.05, 0.1) is 32.3 Å². The van der Waals surface area contributed by atoms with Gasteiger partial charge in [-0.05, 0) is 42.5 Å². The lowest BCUT2D eigenvalue weighted by atomic mass is 9.64. The lowest BCUT2D eigenvalue weighted by Gasteiger charge is -2.39. The van der Waals surface area contributed by atoms with Crippen LogP contribution in [0.1, 0.15) is 50.4 Å². The van der Waals surface area contributed by atoms with E-state index in [1.807, 2.05) is 20.8 Å². The van der Waals surface area contributed by atoms with Crippen LogP contribution >= 0.6 is 23.2 Å². The third-order valence-electron chi connectivity index (χ3n) is 7.88. The summed E-state index contributed by atoms with van der Waals surface area (Å²) in [5.74, 6) is -0.995. The van der Waals surface area contributed by atoms with Crippen LogP contribution < -0.4 is 5.32 Å². The van der Waals surface area contributed by atoms with Crippen molar-refractivity contribution in [2.75, 3.05) is 5.32 Å². The van der Waals surface area contributed by atoms with Crippen LogP contribution in [0.2, 0.25) is 10.0 Å². The maximum absolute atomic E-state index is 13.6. The molecule has 0 heterocycles. The van der Waals surface area contributed by atoms with E-state index in [-0.39, 0.29) is 17.2 Å². The number of benzene rings is 2. The fraction of sp³-hybridized carbons (Fsp3) is 0.375. The molecule has 10 heteroatoms. The summed E-state index contributed by atoms with van der Waals surface area (Å²) in [6, 6.07) is 10.1. The van der Waals surface area contributed by atoms with Crippen LogP contribution in [0.5, 0.6) is 0 Å². The number of amides is 1. The Kier molecular flexibility index (Phi) is 5.94. The third kappa shape index (κ3) is 3.65. The minimum atomic E-state index is -0.801. The van der Waals surface area contributed by atoms with Gasteiger partial charge in [-0.3, -0.25) is 14.9 Å². The minimum Gasteiger partial charge on any atom is -0.324 e. The molecule has 8 nitrogen and oxygen atoms in total. The third-order valence-corrected chi connectivity index (χ3v) is 8.44. The maximum atomic E-state index is 13.6. The molecule has 34 heavy (non-hydrogen) atoms. The number of nitro benzene ring substituents is 1. The summed E-state index contributed by atoms with van der Waals surface area (Å²) in [6.45, 7) is 6.05.